The van der Waals surface area contributed by atoms with Crippen molar-refractivity contribution >= 4 is 17.6 Å². The Morgan fingerprint density at radius 1 is 1.38 bits per heavy atom. The van der Waals surface area contributed by atoms with Crippen LogP contribution in [0, 0.1) is 5.92 Å². The van der Waals surface area contributed by atoms with Gasteiger partial charge in [-0.05, 0) is 23.6 Å². The predicted octanol–water partition coefficient (Wildman–Crippen LogP) is 2.70. The van der Waals surface area contributed by atoms with Gasteiger partial charge >= 0.3 is 5.97 Å². The summed E-state index contributed by atoms with van der Waals surface area (Å²) in [5, 5.41) is 12.7. The molecule has 116 valence electrons. The zero-order chi connectivity index (χ0) is 15.4. The average Bonchev–Trinajstić information content (AvgIpc) is 2.63. The number of benzene rings is 1. The summed E-state index contributed by atoms with van der Waals surface area (Å²) < 4.78 is 11.2. The van der Waals surface area contributed by atoms with Crippen LogP contribution in [0.25, 0.3) is 0 Å². The van der Waals surface area contributed by atoms with Gasteiger partial charge in [0.2, 0.25) is 0 Å². The van der Waals surface area contributed by atoms with E-state index in [4.69, 9.17) is 21.1 Å². The van der Waals surface area contributed by atoms with Gasteiger partial charge in [-0.15, -0.1) is 0 Å². The van der Waals surface area contributed by atoms with Gasteiger partial charge in [0.25, 0.3) is 0 Å². The van der Waals surface area contributed by atoms with Crippen molar-refractivity contribution in [2.24, 2.45) is 5.92 Å². The minimum absolute atomic E-state index is 0.00150. The summed E-state index contributed by atoms with van der Waals surface area (Å²) in [6, 6.07) is 3.03. The smallest absolute Gasteiger partial charge is 0.320 e. The molecule has 1 unspecified atom stereocenters. The van der Waals surface area contributed by atoms with E-state index in [0.29, 0.717) is 36.3 Å². The Bertz CT molecular complexity index is 519. The SMILES string of the molecule is CC(C)C(NCc1cc(Cl)c2c(c1)OCCCO2)C(=O)O. The quantitative estimate of drug-likeness (QED) is 0.875. The fraction of sp³-hybridized carbons (Fsp3) is 0.533. The van der Waals surface area contributed by atoms with Crippen molar-refractivity contribution in [3.63, 3.8) is 0 Å². The molecule has 1 aromatic rings. The Morgan fingerprint density at radius 3 is 2.76 bits per heavy atom. The summed E-state index contributed by atoms with van der Waals surface area (Å²) in [5.74, 6) is 0.327. The number of fused-ring (bicyclic) bond motifs is 1. The first kappa shape index (κ1) is 15.9. The summed E-state index contributed by atoms with van der Waals surface area (Å²) in [6.07, 6.45) is 0.813. The molecule has 0 bridgehead atoms. The Kier molecular flexibility index (Phi) is 5.31. The molecule has 6 heteroatoms. The Hall–Kier alpha value is -1.46. The summed E-state index contributed by atoms with van der Waals surface area (Å²) in [6.45, 7) is 5.31. The van der Waals surface area contributed by atoms with Crippen molar-refractivity contribution in [2.75, 3.05) is 13.2 Å². The van der Waals surface area contributed by atoms with Crippen LogP contribution in [-0.2, 0) is 11.3 Å². The number of carboxylic acids is 1. The van der Waals surface area contributed by atoms with Crippen LogP contribution < -0.4 is 14.8 Å². The molecule has 0 radical (unpaired) electrons. The van der Waals surface area contributed by atoms with Crippen molar-refractivity contribution in [3.05, 3.63) is 22.7 Å². The zero-order valence-electron chi connectivity index (χ0n) is 12.2. The van der Waals surface area contributed by atoms with Crippen LogP contribution >= 0.6 is 11.6 Å². The standard InChI is InChI=1S/C15H20ClNO4/c1-9(2)13(15(18)19)17-8-10-6-11(16)14-12(7-10)20-4-3-5-21-14/h6-7,9,13,17H,3-5,8H2,1-2H3,(H,18,19). The number of rotatable bonds is 5. The highest BCUT2D eigenvalue weighted by molar-refractivity contribution is 6.32. The van der Waals surface area contributed by atoms with E-state index in [1.807, 2.05) is 19.9 Å². The van der Waals surface area contributed by atoms with Gasteiger partial charge < -0.3 is 19.9 Å². The Labute approximate surface area is 129 Å². The lowest BCUT2D eigenvalue weighted by Gasteiger charge is -2.18. The summed E-state index contributed by atoms with van der Waals surface area (Å²) in [4.78, 5) is 11.2. The monoisotopic (exact) mass is 313 g/mol. The molecule has 0 aromatic heterocycles. The van der Waals surface area contributed by atoms with Crippen molar-refractivity contribution in [1.82, 2.24) is 5.32 Å². The summed E-state index contributed by atoms with van der Waals surface area (Å²) in [7, 11) is 0. The number of carbonyl (C=O) groups is 1. The minimum atomic E-state index is -0.856. The third-order valence-corrected chi connectivity index (χ3v) is 3.60. The molecular formula is C15H20ClNO4. The molecule has 21 heavy (non-hydrogen) atoms. The Balaban J connectivity index is 2.12. The van der Waals surface area contributed by atoms with Crippen molar-refractivity contribution in [2.45, 2.75) is 32.9 Å². The second kappa shape index (κ2) is 7.00. The zero-order valence-corrected chi connectivity index (χ0v) is 12.9. The molecule has 1 aliphatic heterocycles. The first-order valence-electron chi connectivity index (χ1n) is 7.03. The van der Waals surface area contributed by atoms with Gasteiger partial charge in [0, 0.05) is 13.0 Å². The van der Waals surface area contributed by atoms with Crippen molar-refractivity contribution in [1.29, 1.82) is 0 Å². The number of carboxylic acid groups (broad SMARTS) is 1. The van der Waals surface area contributed by atoms with Crippen molar-refractivity contribution < 1.29 is 19.4 Å². The van der Waals surface area contributed by atoms with Crippen LogP contribution in [0.5, 0.6) is 11.5 Å². The average molecular weight is 314 g/mol. The van der Waals surface area contributed by atoms with E-state index in [2.05, 4.69) is 5.32 Å². The molecule has 1 atom stereocenters. The molecule has 5 nitrogen and oxygen atoms in total. The molecule has 0 aliphatic carbocycles. The molecule has 0 spiro atoms. The molecule has 0 fully saturated rings. The molecule has 0 amide bonds. The second-order valence-electron chi connectivity index (χ2n) is 5.40. The number of aliphatic carboxylic acids is 1. The van der Waals surface area contributed by atoms with E-state index in [9.17, 15) is 9.90 Å². The van der Waals surface area contributed by atoms with Gasteiger partial charge in [0.05, 0.1) is 18.2 Å². The predicted molar refractivity (Wildman–Crippen MR) is 80.2 cm³/mol. The summed E-state index contributed by atoms with van der Waals surface area (Å²) in [5.41, 5.74) is 0.871. The first-order valence-corrected chi connectivity index (χ1v) is 7.41. The maximum atomic E-state index is 11.2. The van der Waals surface area contributed by atoms with E-state index < -0.39 is 12.0 Å². The van der Waals surface area contributed by atoms with Gasteiger partial charge in [-0.2, -0.15) is 0 Å². The van der Waals surface area contributed by atoms with Gasteiger partial charge in [-0.3, -0.25) is 4.79 Å². The highest BCUT2D eigenvalue weighted by Gasteiger charge is 2.21. The van der Waals surface area contributed by atoms with Crippen LogP contribution in [0.2, 0.25) is 5.02 Å². The maximum Gasteiger partial charge on any atom is 0.320 e. The molecule has 1 aliphatic rings. The van der Waals surface area contributed by atoms with Crippen LogP contribution in [0.4, 0.5) is 0 Å². The number of hydrogen-bond donors (Lipinski definition) is 2. The molecule has 2 rings (SSSR count). The molecule has 1 heterocycles. The van der Waals surface area contributed by atoms with E-state index in [1.54, 1.807) is 6.07 Å². The first-order chi connectivity index (χ1) is 9.99. The fourth-order valence-corrected chi connectivity index (χ4v) is 2.51. The molecule has 1 aromatic carbocycles. The van der Waals surface area contributed by atoms with E-state index in [1.165, 1.54) is 0 Å². The van der Waals surface area contributed by atoms with Gasteiger partial charge in [-0.25, -0.2) is 0 Å². The molecule has 0 saturated carbocycles. The largest absolute Gasteiger partial charge is 0.489 e. The minimum Gasteiger partial charge on any atom is -0.489 e. The number of ether oxygens (including phenoxy) is 2. The maximum absolute atomic E-state index is 11.2. The lowest BCUT2D eigenvalue weighted by atomic mass is 10.0. The van der Waals surface area contributed by atoms with Crippen LogP contribution in [-0.4, -0.2) is 30.3 Å². The van der Waals surface area contributed by atoms with Crippen molar-refractivity contribution in [3.8, 4) is 11.5 Å². The molecule has 0 saturated heterocycles. The van der Waals surface area contributed by atoms with E-state index in [-0.39, 0.29) is 5.92 Å². The van der Waals surface area contributed by atoms with Gasteiger partial charge in [-0.1, -0.05) is 25.4 Å². The number of nitrogens with one attached hydrogen (secondary N) is 1. The normalized spacial score (nSPS) is 15.6. The van der Waals surface area contributed by atoms with E-state index in [0.717, 1.165) is 12.0 Å². The highest BCUT2D eigenvalue weighted by Crippen LogP contribution is 2.37. The molecule has 2 N–H and O–H groups in total. The fourth-order valence-electron chi connectivity index (χ4n) is 2.22. The highest BCUT2D eigenvalue weighted by atomic mass is 35.5. The Morgan fingerprint density at radius 2 is 2.10 bits per heavy atom. The second-order valence-corrected chi connectivity index (χ2v) is 5.80. The van der Waals surface area contributed by atoms with Gasteiger partial charge in [0.1, 0.15) is 6.04 Å². The van der Waals surface area contributed by atoms with Gasteiger partial charge in [0.15, 0.2) is 11.5 Å². The van der Waals surface area contributed by atoms with Crippen LogP contribution in [0.15, 0.2) is 12.1 Å². The lowest BCUT2D eigenvalue weighted by Crippen LogP contribution is -2.40. The lowest BCUT2D eigenvalue weighted by molar-refractivity contribution is -0.140. The third-order valence-electron chi connectivity index (χ3n) is 3.32. The van der Waals surface area contributed by atoms with E-state index >= 15 is 0 Å². The third kappa shape index (κ3) is 4.02. The topological polar surface area (TPSA) is 67.8 Å². The van der Waals surface area contributed by atoms with Crippen LogP contribution in [0.1, 0.15) is 25.8 Å². The molecular weight excluding hydrogens is 294 g/mol. The summed E-state index contributed by atoms with van der Waals surface area (Å²) >= 11 is 6.21. The van der Waals surface area contributed by atoms with Crippen LogP contribution in [0.3, 0.4) is 0 Å². The number of halogens is 1. The number of hydrogen-bond acceptors (Lipinski definition) is 4.